The highest BCUT2D eigenvalue weighted by Crippen LogP contribution is 2.46. The summed E-state index contributed by atoms with van der Waals surface area (Å²) in [5.41, 5.74) is 0. The number of phosphoric ester groups is 1. The lowest BCUT2D eigenvalue weighted by Gasteiger charge is -2.20. The molecule has 0 rings (SSSR count). The lowest BCUT2D eigenvalue weighted by molar-refractivity contribution is -0.255. The van der Waals surface area contributed by atoms with Crippen molar-refractivity contribution in [2.24, 2.45) is 0 Å². The number of methoxy groups -OCH3 is 4. The first-order valence-corrected chi connectivity index (χ1v) is 5.29. The summed E-state index contributed by atoms with van der Waals surface area (Å²) >= 11 is 0. The average Bonchev–Trinajstić information content (AvgIpc) is 2.22. The highest BCUT2D eigenvalue weighted by Gasteiger charge is 2.30. The lowest BCUT2D eigenvalue weighted by atomic mass is 11.2. The number of hydrogen-bond donors (Lipinski definition) is 1. The molecule has 0 spiro atoms. The van der Waals surface area contributed by atoms with Crippen molar-refractivity contribution in [1.29, 1.82) is 0 Å². The molecular formula is C6H15O8P. The number of hydrogen-bond acceptors (Lipinski definition) is 7. The Morgan fingerprint density at radius 2 is 1.13 bits per heavy atom. The molecule has 0 saturated heterocycles. The summed E-state index contributed by atoms with van der Waals surface area (Å²) in [6.45, 7) is -2.62. The van der Waals surface area contributed by atoms with Gasteiger partial charge in [0.2, 0.25) is 0 Å². The molecule has 0 saturated carbocycles. The van der Waals surface area contributed by atoms with Crippen LogP contribution < -0.4 is 0 Å². The monoisotopic (exact) mass is 246 g/mol. The zero-order valence-corrected chi connectivity index (χ0v) is 9.80. The van der Waals surface area contributed by atoms with Crippen LogP contribution in [0.3, 0.4) is 0 Å². The van der Waals surface area contributed by atoms with Gasteiger partial charge in [0.15, 0.2) is 0 Å². The maximum atomic E-state index is 11.3. The Labute approximate surface area is 87.6 Å². The van der Waals surface area contributed by atoms with Gasteiger partial charge in [0, 0.05) is 28.4 Å². The molecule has 92 valence electrons. The Hall–Kier alpha value is -0.0500. The summed E-state index contributed by atoms with van der Waals surface area (Å²) in [5.74, 6) is 0. The molecule has 1 N–H and O–H groups in total. The highest BCUT2D eigenvalue weighted by atomic mass is 31.2. The summed E-state index contributed by atoms with van der Waals surface area (Å²) in [5, 5.41) is 0. The summed E-state index contributed by atoms with van der Waals surface area (Å²) in [7, 11) is 0.567. The largest absolute Gasteiger partial charge is 0.480 e. The molecule has 0 aliphatic heterocycles. The van der Waals surface area contributed by atoms with Gasteiger partial charge in [-0.3, -0.25) is 0 Å². The fourth-order valence-corrected chi connectivity index (χ4v) is 1.44. The van der Waals surface area contributed by atoms with Crippen LogP contribution in [0.2, 0.25) is 0 Å². The summed E-state index contributed by atoms with van der Waals surface area (Å²) in [6.07, 6.45) is 0. The van der Waals surface area contributed by atoms with E-state index in [2.05, 4.69) is 28.0 Å². The van der Waals surface area contributed by atoms with Gasteiger partial charge in [-0.25, -0.2) is 13.6 Å². The first kappa shape index (κ1) is 14.9. The molecule has 0 radical (unpaired) electrons. The quantitative estimate of drug-likeness (QED) is 0.482. The zero-order valence-electron chi connectivity index (χ0n) is 8.91. The Morgan fingerprint density at radius 1 is 0.867 bits per heavy atom. The maximum absolute atomic E-state index is 11.3. The van der Waals surface area contributed by atoms with Crippen LogP contribution in [0.4, 0.5) is 0 Å². The molecule has 0 aromatic heterocycles. The Morgan fingerprint density at radius 3 is 1.33 bits per heavy atom. The third-order valence-corrected chi connectivity index (χ3v) is 2.09. The van der Waals surface area contributed by atoms with E-state index in [9.17, 15) is 9.46 Å². The number of ether oxygens (including phenoxy) is 4. The van der Waals surface area contributed by atoms with Crippen LogP contribution in [-0.4, -0.2) is 46.3 Å². The minimum absolute atomic E-state index is 1.23. The Balaban J connectivity index is 4.21. The van der Waals surface area contributed by atoms with E-state index >= 15 is 0 Å². The van der Waals surface area contributed by atoms with E-state index in [4.69, 9.17) is 0 Å². The molecule has 0 amide bonds. The van der Waals surface area contributed by atoms with Crippen LogP contribution in [0.5, 0.6) is 0 Å². The van der Waals surface area contributed by atoms with Crippen LogP contribution in [0.1, 0.15) is 0 Å². The smallest absolute Gasteiger partial charge is 0.333 e. The molecule has 0 unspecified atom stereocenters. The summed E-state index contributed by atoms with van der Waals surface area (Å²) in [4.78, 5) is 9.17. The molecule has 0 aromatic rings. The van der Waals surface area contributed by atoms with Crippen LogP contribution in [-0.2, 0) is 32.6 Å². The molecule has 0 aromatic carbocycles. The SMILES string of the molecule is COC(OC)OP(=O)(O)OC(OC)OC. The minimum atomic E-state index is -4.37. The van der Waals surface area contributed by atoms with E-state index in [1.54, 1.807) is 0 Å². The summed E-state index contributed by atoms with van der Waals surface area (Å²) in [6, 6.07) is 0. The fraction of sp³-hybridized carbons (Fsp3) is 1.00. The van der Waals surface area contributed by atoms with Crippen LogP contribution >= 0.6 is 7.82 Å². The van der Waals surface area contributed by atoms with E-state index in [1.165, 1.54) is 28.4 Å². The van der Waals surface area contributed by atoms with E-state index in [-0.39, 0.29) is 0 Å². The van der Waals surface area contributed by atoms with Crippen LogP contribution in [0.15, 0.2) is 0 Å². The molecule has 0 fully saturated rings. The number of phosphoric acid groups is 1. The molecule has 0 aliphatic rings. The van der Waals surface area contributed by atoms with Gasteiger partial charge in [0.25, 0.3) is 13.0 Å². The molecule has 8 nitrogen and oxygen atoms in total. The maximum Gasteiger partial charge on any atom is 0.480 e. The molecule has 0 bridgehead atoms. The van der Waals surface area contributed by atoms with E-state index in [1.807, 2.05) is 0 Å². The van der Waals surface area contributed by atoms with Crippen molar-refractivity contribution in [2.45, 2.75) is 13.0 Å². The first-order valence-electron chi connectivity index (χ1n) is 3.79. The van der Waals surface area contributed by atoms with Crippen molar-refractivity contribution in [1.82, 2.24) is 0 Å². The van der Waals surface area contributed by atoms with E-state index < -0.39 is 20.8 Å². The highest BCUT2D eigenvalue weighted by molar-refractivity contribution is 7.47. The van der Waals surface area contributed by atoms with Gasteiger partial charge < -0.3 is 23.8 Å². The Kier molecular flexibility index (Phi) is 7.24. The minimum Gasteiger partial charge on any atom is -0.333 e. The van der Waals surface area contributed by atoms with Crippen molar-refractivity contribution in [2.75, 3.05) is 28.4 Å². The van der Waals surface area contributed by atoms with Gasteiger partial charge in [-0.05, 0) is 0 Å². The molecule has 0 aliphatic carbocycles. The van der Waals surface area contributed by atoms with Gasteiger partial charge in [0.1, 0.15) is 0 Å². The van der Waals surface area contributed by atoms with Gasteiger partial charge in [0.05, 0.1) is 0 Å². The third kappa shape index (κ3) is 6.18. The molecule has 9 heteroatoms. The predicted molar refractivity (Wildman–Crippen MR) is 47.6 cm³/mol. The van der Waals surface area contributed by atoms with E-state index in [0.717, 1.165) is 0 Å². The molecular weight excluding hydrogens is 231 g/mol. The second kappa shape index (κ2) is 7.26. The first-order chi connectivity index (χ1) is 6.99. The van der Waals surface area contributed by atoms with Gasteiger partial charge in [-0.15, -0.1) is 0 Å². The molecule has 15 heavy (non-hydrogen) atoms. The topological polar surface area (TPSA) is 92.7 Å². The normalized spacial score (nSPS) is 12.7. The van der Waals surface area contributed by atoms with Gasteiger partial charge in [-0.2, -0.15) is 0 Å². The number of rotatable bonds is 8. The van der Waals surface area contributed by atoms with Gasteiger partial charge >= 0.3 is 7.82 Å². The molecule has 0 heterocycles. The predicted octanol–water partition coefficient (Wildman–Crippen LogP) is 0.273. The zero-order chi connectivity index (χ0) is 11.9. The van der Waals surface area contributed by atoms with Crippen molar-refractivity contribution < 1.29 is 37.5 Å². The third-order valence-electron chi connectivity index (χ3n) is 1.21. The fourth-order valence-electron chi connectivity index (χ4n) is 0.607. The van der Waals surface area contributed by atoms with Crippen LogP contribution in [0, 0.1) is 0 Å². The lowest BCUT2D eigenvalue weighted by Crippen LogP contribution is -2.21. The Bertz CT molecular complexity index is 183. The van der Waals surface area contributed by atoms with Crippen molar-refractivity contribution in [3.8, 4) is 0 Å². The second-order valence-electron chi connectivity index (χ2n) is 2.20. The van der Waals surface area contributed by atoms with E-state index in [0.29, 0.717) is 0 Å². The van der Waals surface area contributed by atoms with Gasteiger partial charge in [-0.1, -0.05) is 0 Å². The standard InChI is InChI=1S/C6H15O8P/c1-9-5(10-2)13-15(7,8)14-6(11-3)12-4/h5-6H,1-4H3,(H,7,8). The van der Waals surface area contributed by atoms with Crippen molar-refractivity contribution in [3.63, 3.8) is 0 Å². The molecule has 0 atom stereocenters. The average molecular weight is 246 g/mol. The summed E-state index contributed by atoms with van der Waals surface area (Å²) < 4.78 is 38.4. The second-order valence-corrected chi connectivity index (χ2v) is 3.56. The van der Waals surface area contributed by atoms with Crippen molar-refractivity contribution in [3.05, 3.63) is 0 Å². The van der Waals surface area contributed by atoms with Crippen molar-refractivity contribution >= 4 is 7.82 Å². The van der Waals surface area contributed by atoms with Crippen LogP contribution in [0.25, 0.3) is 0 Å².